The third kappa shape index (κ3) is 4.78. The standard InChI is InChI=1S/C55H30N4O3/c1-2-12-32-30-44-39(27-31(32)11-1)35-13-3-7-17-42(35)59(44)43-23-26-50-51(38-16-6-10-20-47(38)62-50)52(43)55-57-53(33-21-24-48-40(28-33)36-14-4-8-18-45(36)60-48)56-54(58-55)34-22-25-49-41(29-34)37-15-5-9-19-46(37)61-49/h1-30H. The second-order valence-corrected chi connectivity index (χ2v) is 15.9. The summed E-state index contributed by atoms with van der Waals surface area (Å²) in [7, 11) is 0. The number of furan rings is 3. The van der Waals surface area contributed by atoms with Crippen molar-refractivity contribution in [2.75, 3.05) is 0 Å². The number of hydrogen-bond donors (Lipinski definition) is 0. The maximum absolute atomic E-state index is 6.61. The lowest BCUT2D eigenvalue weighted by atomic mass is 10.0. The molecular formula is C55H30N4O3. The average molecular weight is 795 g/mol. The van der Waals surface area contributed by atoms with Crippen LogP contribution in [0.15, 0.2) is 195 Å². The lowest BCUT2D eigenvalue weighted by Crippen LogP contribution is -2.04. The minimum Gasteiger partial charge on any atom is -0.456 e. The summed E-state index contributed by atoms with van der Waals surface area (Å²) in [6.45, 7) is 0. The van der Waals surface area contributed by atoms with Crippen LogP contribution in [0.5, 0.6) is 0 Å². The van der Waals surface area contributed by atoms with Crippen LogP contribution in [0.4, 0.5) is 0 Å². The molecule has 7 nitrogen and oxygen atoms in total. The zero-order valence-corrected chi connectivity index (χ0v) is 32.8. The molecule has 0 bridgehead atoms. The first-order valence-electron chi connectivity index (χ1n) is 20.7. The summed E-state index contributed by atoms with van der Waals surface area (Å²) in [5, 5.41) is 10.6. The lowest BCUT2D eigenvalue weighted by Gasteiger charge is -2.16. The Bertz CT molecular complexity index is 4060. The fraction of sp³-hybridized carbons (Fsp3) is 0. The van der Waals surface area contributed by atoms with Crippen molar-refractivity contribution in [1.29, 1.82) is 0 Å². The van der Waals surface area contributed by atoms with Gasteiger partial charge in [0.2, 0.25) is 0 Å². The Morgan fingerprint density at radius 3 is 1.47 bits per heavy atom. The maximum atomic E-state index is 6.61. The second kappa shape index (κ2) is 12.5. The maximum Gasteiger partial charge on any atom is 0.166 e. The molecule has 62 heavy (non-hydrogen) atoms. The van der Waals surface area contributed by atoms with Crippen molar-refractivity contribution in [2.24, 2.45) is 0 Å². The van der Waals surface area contributed by atoms with Crippen LogP contribution in [0, 0.1) is 0 Å². The van der Waals surface area contributed by atoms with Crippen molar-refractivity contribution in [1.82, 2.24) is 19.5 Å². The van der Waals surface area contributed by atoms with Crippen LogP contribution in [-0.4, -0.2) is 19.5 Å². The number of hydrogen-bond acceptors (Lipinski definition) is 6. The highest BCUT2D eigenvalue weighted by Gasteiger charge is 2.25. The molecule has 0 aliphatic heterocycles. The zero-order chi connectivity index (χ0) is 40.5. The molecule has 288 valence electrons. The largest absolute Gasteiger partial charge is 0.456 e. The normalized spacial score (nSPS) is 12.2. The van der Waals surface area contributed by atoms with Crippen LogP contribution in [0.2, 0.25) is 0 Å². The molecule has 0 amide bonds. The molecule has 14 aromatic rings. The van der Waals surface area contributed by atoms with E-state index >= 15 is 0 Å². The summed E-state index contributed by atoms with van der Waals surface area (Å²) in [6.07, 6.45) is 0. The van der Waals surface area contributed by atoms with Gasteiger partial charge in [0.05, 0.1) is 22.3 Å². The van der Waals surface area contributed by atoms with Crippen molar-refractivity contribution in [3.05, 3.63) is 182 Å². The molecule has 7 heteroatoms. The molecule has 0 aliphatic rings. The fourth-order valence-corrected chi connectivity index (χ4v) is 9.61. The van der Waals surface area contributed by atoms with Crippen molar-refractivity contribution >= 4 is 98.4 Å². The highest BCUT2D eigenvalue weighted by Crippen LogP contribution is 2.44. The summed E-state index contributed by atoms with van der Waals surface area (Å²) in [6, 6.07) is 62.8. The van der Waals surface area contributed by atoms with E-state index in [0.29, 0.717) is 17.5 Å². The van der Waals surface area contributed by atoms with E-state index in [-0.39, 0.29) is 0 Å². The van der Waals surface area contributed by atoms with E-state index in [4.69, 9.17) is 28.2 Å². The Kier molecular flexibility index (Phi) is 6.71. The van der Waals surface area contributed by atoms with Gasteiger partial charge >= 0.3 is 0 Å². The van der Waals surface area contributed by atoms with Crippen molar-refractivity contribution in [3.63, 3.8) is 0 Å². The lowest BCUT2D eigenvalue weighted by molar-refractivity contribution is 0.668. The number of nitrogens with zero attached hydrogens (tertiary/aromatic N) is 4. The van der Waals surface area contributed by atoms with E-state index < -0.39 is 0 Å². The highest BCUT2D eigenvalue weighted by molar-refractivity contribution is 6.17. The Morgan fingerprint density at radius 2 is 0.806 bits per heavy atom. The van der Waals surface area contributed by atoms with Crippen LogP contribution in [-0.2, 0) is 0 Å². The van der Waals surface area contributed by atoms with Gasteiger partial charge in [-0.25, -0.2) is 15.0 Å². The van der Waals surface area contributed by atoms with Crippen molar-refractivity contribution in [2.45, 2.75) is 0 Å². The Hall–Kier alpha value is -8.55. The molecule has 0 atom stereocenters. The van der Waals surface area contributed by atoms with Crippen molar-refractivity contribution < 1.29 is 13.3 Å². The second-order valence-electron chi connectivity index (χ2n) is 15.9. The molecule has 0 unspecified atom stereocenters. The van der Waals surface area contributed by atoms with E-state index in [0.717, 1.165) is 110 Å². The van der Waals surface area contributed by atoms with Gasteiger partial charge in [0.1, 0.15) is 33.5 Å². The minimum absolute atomic E-state index is 0.526. The molecule has 0 N–H and O–H groups in total. The Balaban J connectivity index is 1.11. The molecule has 5 heterocycles. The summed E-state index contributed by atoms with van der Waals surface area (Å²) < 4.78 is 21.5. The van der Waals surface area contributed by atoms with Crippen LogP contribution in [0.1, 0.15) is 0 Å². The van der Waals surface area contributed by atoms with Gasteiger partial charge in [-0.05, 0) is 95.7 Å². The summed E-state index contributed by atoms with van der Waals surface area (Å²) in [5.41, 5.74) is 10.4. The van der Waals surface area contributed by atoms with Crippen molar-refractivity contribution in [3.8, 4) is 39.9 Å². The van der Waals surface area contributed by atoms with Crippen LogP contribution >= 0.6 is 0 Å². The Morgan fingerprint density at radius 1 is 0.323 bits per heavy atom. The van der Waals surface area contributed by atoms with Gasteiger partial charge in [-0.3, -0.25) is 0 Å². The summed E-state index contributed by atoms with van der Waals surface area (Å²) in [5.74, 6) is 1.61. The van der Waals surface area contributed by atoms with Crippen LogP contribution in [0.25, 0.3) is 138 Å². The summed E-state index contributed by atoms with van der Waals surface area (Å²) >= 11 is 0. The third-order valence-electron chi connectivity index (χ3n) is 12.4. The smallest absolute Gasteiger partial charge is 0.166 e. The van der Waals surface area contributed by atoms with E-state index in [9.17, 15) is 0 Å². The molecule has 0 fully saturated rings. The first kappa shape index (κ1) is 33.3. The van der Waals surface area contributed by atoms with Gasteiger partial charge < -0.3 is 17.8 Å². The van der Waals surface area contributed by atoms with Gasteiger partial charge in [-0.1, -0.05) is 97.1 Å². The molecule has 0 saturated heterocycles. The monoisotopic (exact) mass is 794 g/mol. The molecule has 5 aromatic heterocycles. The predicted molar refractivity (Wildman–Crippen MR) is 250 cm³/mol. The number of para-hydroxylation sites is 4. The number of benzene rings is 9. The average Bonchev–Trinajstić information content (AvgIpc) is 4.09. The van der Waals surface area contributed by atoms with Gasteiger partial charge in [-0.15, -0.1) is 0 Å². The number of aromatic nitrogens is 4. The molecule has 0 saturated carbocycles. The van der Waals surface area contributed by atoms with E-state index in [2.05, 4.69) is 114 Å². The van der Waals surface area contributed by atoms with E-state index in [1.54, 1.807) is 0 Å². The topological polar surface area (TPSA) is 83.0 Å². The highest BCUT2D eigenvalue weighted by atomic mass is 16.3. The molecule has 14 rings (SSSR count). The Labute approximate surface area is 351 Å². The predicted octanol–water partition coefficient (Wildman–Crippen LogP) is 14.8. The fourth-order valence-electron chi connectivity index (χ4n) is 9.61. The summed E-state index contributed by atoms with van der Waals surface area (Å²) in [4.78, 5) is 16.2. The van der Waals surface area contributed by atoms with Gasteiger partial charge in [0.15, 0.2) is 17.5 Å². The zero-order valence-electron chi connectivity index (χ0n) is 32.8. The molecule has 9 aromatic carbocycles. The quantitative estimate of drug-likeness (QED) is 0.176. The van der Waals surface area contributed by atoms with E-state index in [1.165, 1.54) is 10.8 Å². The molecular weight excluding hydrogens is 765 g/mol. The van der Waals surface area contributed by atoms with E-state index in [1.807, 2.05) is 72.8 Å². The first-order chi connectivity index (χ1) is 30.7. The van der Waals surface area contributed by atoms with Gasteiger partial charge in [0.25, 0.3) is 0 Å². The number of rotatable bonds is 4. The first-order valence-corrected chi connectivity index (χ1v) is 20.7. The minimum atomic E-state index is 0.526. The number of fused-ring (bicyclic) bond motifs is 13. The SMILES string of the molecule is c1ccc2cc3c(cc2c1)c1ccccc1n3-c1ccc2oc3ccccc3c2c1-c1nc(-c2ccc3oc4ccccc4c3c2)nc(-c2ccc3oc4ccccc4c3c2)n1. The molecule has 0 radical (unpaired) electrons. The molecule has 0 aliphatic carbocycles. The third-order valence-corrected chi connectivity index (χ3v) is 12.4. The van der Waals surface area contributed by atoms with Crippen LogP contribution < -0.4 is 0 Å². The molecule has 0 spiro atoms. The van der Waals surface area contributed by atoms with Gasteiger partial charge in [-0.2, -0.15) is 0 Å². The van der Waals surface area contributed by atoms with Gasteiger partial charge in [0, 0.05) is 54.2 Å². The van der Waals surface area contributed by atoms with Crippen LogP contribution in [0.3, 0.4) is 0 Å².